The first kappa shape index (κ1) is 26.0. The van der Waals surface area contributed by atoms with Crippen LogP contribution in [0.1, 0.15) is 79.7 Å². The van der Waals surface area contributed by atoms with Crippen molar-refractivity contribution in [1.29, 1.82) is 0 Å². The van der Waals surface area contributed by atoms with Crippen LogP contribution in [0, 0.1) is 27.7 Å². The molecule has 1 saturated heterocycles. The molecule has 198 valence electrons. The van der Waals surface area contributed by atoms with Gasteiger partial charge in [-0.3, -0.25) is 14.6 Å². The average molecular weight is 511 g/mol. The monoisotopic (exact) mass is 510 g/mol. The predicted molar refractivity (Wildman–Crippen MR) is 152 cm³/mol. The van der Waals surface area contributed by atoms with Gasteiger partial charge in [0.2, 0.25) is 0 Å². The molecule has 2 heterocycles. The number of amides is 2. The standard InChI is InChI=1S/C32H38N4O2/c1-20-7-6-8-21(2)30(20)31(37)34-29-12-11-24-9-10-25(19-28(24)29)32(38)35(5)26-13-15-36(16-14-26)27-17-22(3)33-23(4)18-27/h6-10,17-19,26,29H,11-16H2,1-5H3,(H,34,37). The van der Waals surface area contributed by atoms with Gasteiger partial charge in [-0.2, -0.15) is 0 Å². The summed E-state index contributed by atoms with van der Waals surface area (Å²) in [5, 5.41) is 3.25. The second-order valence-corrected chi connectivity index (χ2v) is 11.0. The summed E-state index contributed by atoms with van der Waals surface area (Å²) in [6.07, 6.45) is 3.62. The minimum Gasteiger partial charge on any atom is -0.371 e. The number of benzene rings is 2. The van der Waals surface area contributed by atoms with Crippen molar-refractivity contribution in [2.75, 3.05) is 25.0 Å². The Hall–Kier alpha value is -3.67. The molecule has 1 fully saturated rings. The van der Waals surface area contributed by atoms with E-state index in [0.29, 0.717) is 5.56 Å². The molecule has 1 atom stereocenters. The van der Waals surface area contributed by atoms with Gasteiger partial charge in [-0.25, -0.2) is 0 Å². The van der Waals surface area contributed by atoms with E-state index in [1.165, 1.54) is 11.3 Å². The fourth-order valence-electron chi connectivity index (χ4n) is 6.16. The van der Waals surface area contributed by atoms with Gasteiger partial charge in [0.05, 0.1) is 6.04 Å². The van der Waals surface area contributed by atoms with Crippen molar-refractivity contribution in [3.05, 3.63) is 93.3 Å². The molecule has 1 aromatic heterocycles. The summed E-state index contributed by atoms with van der Waals surface area (Å²) in [4.78, 5) is 35.5. The van der Waals surface area contributed by atoms with Crippen molar-refractivity contribution in [3.63, 3.8) is 0 Å². The minimum absolute atomic E-state index is 0.0429. The number of pyridine rings is 1. The lowest BCUT2D eigenvalue weighted by Gasteiger charge is -2.38. The zero-order valence-corrected chi connectivity index (χ0v) is 23.2. The molecule has 2 amide bonds. The molecule has 1 aliphatic carbocycles. The van der Waals surface area contributed by atoms with Crippen molar-refractivity contribution in [3.8, 4) is 0 Å². The van der Waals surface area contributed by atoms with Crippen LogP contribution in [0.5, 0.6) is 0 Å². The number of carbonyl (C=O) groups is 2. The van der Waals surface area contributed by atoms with E-state index in [1.807, 2.05) is 70.0 Å². The zero-order chi connectivity index (χ0) is 27.0. The molecule has 0 bridgehead atoms. The van der Waals surface area contributed by atoms with E-state index >= 15 is 0 Å². The van der Waals surface area contributed by atoms with Crippen LogP contribution >= 0.6 is 0 Å². The number of piperidine rings is 1. The zero-order valence-electron chi connectivity index (χ0n) is 23.2. The molecule has 6 heteroatoms. The van der Waals surface area contributed by atoms with Gasteiger partial charge >= 0.3 is 0 Å². The highest BCUT2D eigenvalue weighted by atomic mass is 16.2. The summed E-state index contributed by atoms with van der Waals surface area (Å²) in [6.45, 7) is 9.85. The van der Waals surface area contributed by atoms with E-state index in [-0.39, 0.29) is 23.9 Å². The Morgan fingerprint density at radius 1 is 0.921 bits per heavy atom. The molecule has 0 saturated carbocycles. The van der Waals surface area contributed by atoms with Crippen molar-refractivity contribution in [2.45, 2.75) is 65.5 Å². The third-order valence-corrected chi connectivity index (χ3v) is 8.25. The first-order valence-electron chi connectivity index (χ1n) is 13.7. The molecule has 0 spiro atoms. The Morgan fingerprint density at radius 3 is 2.24 bits per heavy atom. The maximum absolute atomic E-state index is 13.5. The maximum atomic E-state index is 13.5. The minimum atomic E-state index is -0.0786. The molecule has 1 N–H and O–H groups in total. The van der Waals surface area contributed by atoms with Crippen LogP contribution < -0.4 is 10.2 Å². The van der Waals surface area contributed by atoms with Crippen LogP contribution in [0.25, 0.3) is 0 Å². The van der Waals surface area contributed by atoms with E-state index in [9.17, 15) is 9.59 Å². The molecule has 0 radical (unpaired) electrons. The van der Waals surface area contributed by atoms with Crippen LogP contribution in [0.4, 0.5) is 5.69 Å². The molecular formula is C32H38N4O2. The molecule has 38 heavy (non-hydrogen) atoms. The van der Waals surface area contributed by atoms with Gasteiger partial charge in [0.15, 0.2) is 0 Å². The lowest BCUT2D eigenvalue weighted by Crippen LogP contribution is -2.45. The molecule has 3 aromatic rings. The van der Waals surface area contributed by atoms with Crippen molar-refractivity contribution < 1.29 is 9.59 Å². The molecular weight excluding hydrogens is 472 g/mol. The second-order valence-electron chi connectivity index (χ2n) is 11.0. The first-order valence-corrected chi connectivity index (χ1v) is 13.7. The van der Waals surface area contributed by atoms with Gasteiger partial charge in [-0.15, -0.1) is 0 Å². The van der Waals surface area contributed by atoms with E-state index in [4.69, 9.17) is 0 Å². The lowest BCUT2D eigenvalue weighted by molar-refractivity contribution is 0.0709. The number of nitrogens with zero attached hydrogens (tertiary/aromatic N) is 3. The van der Waals surface area contributed by atoms with Crippen LogP contribution in [-0.2, 0) is 6.42 Å². The van der Waals surface area contributed by atoms with Crippen molar-refractivity contribution in [2.24, 2.45) is 0 Å². The highest BCUT2D eigenvalue weighted by Crippen LogP contribution is 2.33. The van der Waals surface area contributed by atoms with Gasteiger partial charge in [-0.05, 0) is 99.9 Å². The topological polar surface area (TPSA) is 65.5 Å². The van der Waals surface area contributed by atoms with Gasteiger partial charge in [0, 0.05) is 54.4 Å². The lowest BCUT2D eigenvalue weighted by atomic mass is 9.99. The van der Waals surface area contributed by atoms with Crippen LogP contribution in [0.15, 0.2) is 48.5 Å². The highest BCUT2D eigenvalue weighted by Gasteiger charge is 2.29. The van der Waals surface area contributed by atoms with Crippen molar-refractivity contribution in [1.82, 2.24) is 15.2 Å². The van der Waals surface area contributed by atoms with E-state index < -0.39 is 0 Å². The Kier molecular flexibility index (Phi) is 7.24. The SMILES string of the molecule is Cc1cc(N2CCC(N(C)C(=O)c3ccc4c(c3)C(NC(=O)c3c(C)cccc3C)CC4)CC2)cc(C)n1. The Bertz CT molecular complexity index is 1330. The molecule has 6 nitrogen and oxygen atoms in total. The van der Waals surface area contributed by atoms with Crippen LogP contribution in [0.3, 0.4) is 0 Å². The van der Waals surface area contributed by atoms with E-state index in [0.717, 1.165) is 72.4 Å². The van der Waals surface area contributed by atoms with Gasteiger partial charge < -0.3 is 15.1 Å². The highest BCUT2D eigenvalue weighted by molar-refractivity contribution is 5.97. The summed E-state index contributed by atoms with van der Waals surface area (Å²) in [6, 6.07) is 16.4. The fraction of sp³-hybridized carbons (Fsp3) is 0.406. The smallest absolute Gasteiger partial charge is 0.253 e. The largest absolute Gasteiger partial charge is 0.371 e. The third-order valence-electron chi connectivity index (χ3n) is 8.25. The Morgan fingerprint density at radius 2 is 1.58 bits per heavy atom. The van der Waals surface area contributed by atoms with E-state index in [2.05, 4.69) is 33.4 Å². The normalized spacial score (nSPS) is 17.3. The maximum Gasteiger partial charge on any atom is 0.253 e. The number of aromatic nitrogens is 1. The number of carbonyl (C=O) groups excluding carboxylic acids is 2. The molecule has 5 rings (SSSR count). The summed E-state index contributed by atoms with van der Waals surface area (Å²) in [5.74, 6) is 0.00668. The van der Waals surface area contributed by atoms with Crippen LogP contribution in [0.2, 0.25) is 0 Å². The number of anilines is 1. The van der Waals surface area contributed by atoms with Gasteiger partial charge in [0.25, 0.3) is 11.8 Å². The number of hydrogen-bond acceptors (Lipinski definition) is 4. The summed E-state index contributed by atoms with van der Waals surface area (Å²) in [5.41, 5.74) is 8.98. The Balaban J connectivity index is 1.26. The Labute approximate surface area is 226 Å². The number of hydrogen-bond donors (Lipinski definition) is 1. The number of aryl methyl sites for hydroxylation is 5. The predicted octanol–water partition coefficient (Wildman–Crippen LogP) is 5.47. The summed E-state index contributed by atoms with van der Waals surface area (Å²) in [7, 11) is 1.93. The van der Waals surface area contributed by atoms with Gasteiger partial charge in [-0.1, -0.05) is 24.3 Å². The summed E-state index contributed by atoms with van der Waals surface area (Å²) >= 11 is 0. The number of nitrogens with one attached hydrogen (secondary N) is 1. The molecule has 1 unspecified atom stereocenters. The van der Waals surface area contributed by atoms with Crippen molar-refractivity contribution >= 4 is 17.5 Å². The fourth-order valence-corrected chi connectivity index (χ4v) is 6.16. The molecule has 1 aliphatic heterocycles. The average Bonchev–Trinajstić information content (AvgIpc) is 3.29. The van der Waals surface area contributed by atoms with Gasteiger partial charge in [0.1, 0.15) is 0 Å². The molecule has 2 aliphatic rings. The quantitative estimate of drug-likeness (QED) is 0.494. The molecule has 2 aromatic carbocycles. The summed E-state index contributed by atoms with van der Waals surface area (Å²) < 4.78 is 0. The third kappa shape index (κ3) is 5.17. The number of rotatable bonds is 5. The second kappa shape index (κ2) is 10.6. The number of fused-ring (bicyclic) bond motifs is 1. The van der Waals surface area contributed by atoms with E-state index in [1.54, 1.807) is 0 Å². The van der Waals surface area contributed by atoms with Crippen LogP contribution in [-0.4, -0.2) is 47.9 Å². The first-order chi connectivity index (χ1) is 18.2.